The van der Waals surface area contributed by atoms with Crippen LogP contribution in [0.1, 0.15) is 36.8 Å². The van der Waals surface area contributed by atoms with E-state index in [4.69, 9.17) is 4.74 Å². The highest BCUT2D eigenvalue weighted by Crippen LogP contribution is 2.19. The van der Waals surface area contributed by atoms with Crippen molar-refractivity contribution in [1.82, 2.24) is 0 Å². The Bertz CT molecular complexity index is 356. The van der Waals surface area contributed by atoms with Crippen LogP contribution >= 0.6 is 0 Å². The first-order valence-electron chi connectivity index (χ1n) is 6.69. The van der Waals surface area contributed by atoms with Crippen molar-refractivity contribution in [2.75, 3.05) is 18.5 Å². The maximum absolute atomic E-state index is 5.62. The molecule has 0 aliphatic carbocycles. The van der Waals surface area contributed by atoms with E-state index in [1.165, 1.54) is 42.5 Å². The summed E-state index contributed by atoms with van der Waals surface area (Å²) in [6, 6.07) is 6.44. The van der Waals surface area contributed by atoms with Gasteiger partial charge in [-0.15, -0.1) is 0 Å². The summed E-state index contributed by atoms with van der Waals surface area (Å²) in [5.74, 6) is 0. The minimum atomic E-state index is 0.524. The Labute approximate surface area is 104 Å². The molecule has 1 heterocycles. The Balaban J connectivity index is 1.72. The van der Waals surface area contributed by atoms with Crippen LogP contribution in [0.25, 0.3) is 0 Å². The summed E-state index contributed by atoms with van der Waals surface area (Å²) in [6.45, 7) is 6.35. The van der Waals surface area contributed by atoms with Crippen molar-refractivity contribution in [3.63, 3.8) is 0 Å². The zero-order valence-corrected chi connectivity index (χ0v) is 11.0. The summed E-state index contributed by atoms with van der Waals surface area (Å²) >= 11 is 0. The second kappa shape index (κ2) is 6.06. The molecule has 1 atom stereocenters. The van der Waals surface area contributed by atoms with Crippen LogP contribution in [0.5, 0.6) is 0 Å². The second-order valence-corrected chi connectivity index (χ2v) is 4.95. The van der Waals surface area contributed by atoms with Crippen molar-refractivity contribution in [3.8, 4) is 0 Å². The topological polar surface area (TPSA) is 21.3 Å². The molecule has 0 amide bonds. The first-order chi connectivity index (χ1) is 8.27. The molecule has 1 aliphatic rings. The van der Waals surface area contributed by atoms with Gasteiger partial charge in [0.2, 0.25) is 0 Å². The first-order valence-corrected chi connectivity index (χ1v) is 6.69. The minimum Gasteiger partial charge on any atom is -0.385 e. The van der Waals surface area contributed by atoms with Gasteiger partial charge in [-0.05, 0) is 56.7 Å². The molecule has 1 aromatic carbocycles. The second-order valence-electron chi connectivity index (χ2n) is 4.95. The average Bonchev–Trinajstić information content (AvgIpc) is 2.83. The average molecular weight is 233 g/mol. The molecule has 1 unspecified atom stereocenters. The van der Waals surface area contributed by atoms with E-state index < -0.39 is 0 Å². The number of anilines is 1. The molecule has 0 aromatic heterocycles. The summed E-state index contributed by atoms with van der Waals surface area (Å²) in [4.78, 5) is 0. The molecule has 17 heavy (non-hydrogen) atoms. The monoisotopic (exact) mass is 233 g/mol. The van der Waals surface area contributed by atoms with Gasteiger partial charge in [-0.25, -0.2) is 0 Å². The number of rotatable bonds is 5. The molecule has 0 radical (unpaired) electrons. The maximum atomic E-state index is 5.62. The molecule has 1 fully saturated rings. The summed E-state index contributed by atoms with van der Waals surface area (Å²) in [6.07, 6.45) is 5.41. The van der Waals surface area contributed by atoms with Gasteiger partial charge in [0, 0.05) is 18.8 Å². The van der Waals surface area contributed by atoms with Crippen LogP contribution in [-0.2, 0) is 4.74 Å². The summed E-state index contributed by atoms with van der Waals surface area (Å²) in [5, 5.41) is 3.52. The Hall–Kier alpha value is -1.02. The predicted molar refractivity (Wildman–Crippen MR) is 72.6 cm³/mol. The molecule has 1 aromatic rings. The number of aryl methyl sites for hydroxylation is 1. The van der Waals surface area contributed by atoms with E-state index in [0.29, 0.717) is 6.10 Å². The van der Waals surface area contributed by atoms with Gasteiger partial charge in [0.05, 0.1) is 6.10 Å². The molecule has 2 nitrogen and oxygen atoms in total. The van der Waals surface area contributed by atoms with Crippen molar-refractivity contribution < 1.29 is 4.74 Å². The van der Waals surface area contributed by atoms with Gasteiger partial charge < -0.3 is 10.1 Å². The highest BCUT2D eigenvalue weighted by atomic mass is 16.5. The molecule has 1 aliphatic heterocycles. The minimum absolute atomic E-state index is 0.524. The molecule has 0 bridgehead atoms. The fourth-order valence-electron chi connectivity index (χ4n) is 2.37. The van der Waals surface area contributed by atoms with Crippen molar-refractivity contribution in [1.29, 1.82) is 0 Å². The van der Waals surface area contributed by atoms with Gasteiger partial charge in [-0.1, -0.05) is 12.1 Å². The number of hydrogen-bond acceptors (Lipinski definition) is 2. The van der Waals surface area contributed by atoms with Crippen molar-refractivity contribution in [2.24, 2.45) is 0 Å². The summed E-state index contributed by atoms with van der Waals surface area (Å²) < 4.78 is 5.62. The molecule has 94 valence electrons. The Morgan fingerprint density at radius 2 is 2.24 bits per heavy atom. The third-order valence-electron chi connectivity index (χ3n) is 3.65. The molecule has 2 heteroatoms. The van der Waals surface area contributed by atoms with Crippen LogP contribution in [0.2, 0.25) is 0 Å². The zero-order valence-electron chi connectivity index (χ0n) is 11.0. The van der Waals surface area contributed by atoms with Gasteiger partial charge >= 0.3 is 0 Å². The van der Waals surface area contributed by atoms with E-state index in [-0.39, 0.29) is 0 Å². The van der Waals surface area contributed by atoms with Crippen molar-refractivity contribution >= 4 is 5.69 Å². The normalized spacial score (nSPS) is 19.5. The third kappa shape index (κ3) is 3.47. The quantitative estimate of drug-likeness (QED) is 0.783. The van der Waals surface area contributed by atoms with Crippen LogP contribution in [0.4, 0.5) is 5.69 Å². The summed E-state index contributed by atoms with van der Waals surface area (Å²) in [7, 11) is 0. The van der Waals surface area contributed by atoms with Gasteiger partial charge in [0.25, 0.3) is 0 Å². The largest absolute Gasteiger partial charge is 0.385 e. The summed E-state index contributed by atoms with van der Waals surface area (Å²) in [5.41, 5.74) is 4.00. The van der Waals surface area contributed by atoms with Gasteiger partial charge in [0.1, 0.15) is 0 Å². The van der Waals surface area contributed by atoms with Crippen LogP contribution in [0.3, 0.4) is 0 Å². The Morgan fingerprint density at radius 1 is 1.35 bits per heavy atom. The van der Waals surface area contributed by atoms with Crippen molar-refractivity contribution in [2.45, 2.75) is 45.6 Å². The predicted octanol–water partition coefficient (Wildman–Crippen LogP) is 3.67. The lowest BCUT2D eigenvalue weighted by Gasteiger charge is -2.13. The Kier molecular flexibility index (Phi) is 4.43. The number of ether oxygens (including phenoxy) is 1. The lowest BCUT2D eigenvalue weighted by Crippen LogP contribution is -2.09. The van der Waals surface area contributed by atoms with Crippen LogP contribution in [0.15, 0.2) is 18.2 Å². The van der Waals surface area contributed by atoms with Gasteiger partial charge in [0.15, 0.2) is 0 Å². The first kappa shape index (κ1) is 12.4. The molecular formula is C15H23NO. The van der Waals surface area contributed by atoms with Crippen LogP contribution in [0, 0.1) is 13.8 Å². The van der Waals surface area contributed by atoms with Crippen LogP contribution in [-0.4, -0.2) is 19.3 Å². The van der Waals surface area contributed by atoms with E-state index in [9.17, 15) is 0 Å². The number of benzene rings is 1. The molecule has 0 saturated carbocycles. The standard InChI is InChI=1S/C15H23NO/c1-12-6-3-9-15(13(12)2)16-10-4-7-14-8-5-11-17-14/h3,6,9,14,16H,4-5,7-8,10-11H2,1-2H3. The molecule has 1 saturated heterocycles. The maximum Gasteiger partial charge on any atom is 0.0576 e. The zero-order chi connectivity index (χ0) is 12.1. The van der Waals surface area contributed by atoms with Crippen molar-refractivity contribution in [3.05, 3.63) is 29.3 Å². The van der Waals surface area contributed by atoms with E-state index >= 15 is 0 Å². The molecule has 0 spiro atoms. The van der Waals surface area contributed by atoms with Crippen LogP contribution < -0.4 is 5.32 Å². The molecule has 2 rings (SSSR count). The highest BCUT2D eigenvalue weighted by molar-refractivity contribution is 5.53. The third-order valence-corrected chi connectivity index (χ3v) is 3.65. The SMILES string of the molecule is Cc1cccc(NCCCC2CCCO2)c1C. The van der Waals surface area contributed by atoms with E-state index in [1.807, 2.05) is 0 Å². The Morgan fingerprint density at radius 3 is 3.00 bits per heavy atom. The van der Waals surface area contributed by atoms with Gasteiger partial charge in [-0.2, -0.15) is 0 Å². The fourth-order valence-corrected chi connectivity index (χ4v) is 2.37. The fraction of sp³-hybridized carbons (Fsp3) is 0.600. The van der Waals surface area contributed by atoms with E-state index in [1.54, 1.807) is 0 Å². The van der Waals surface area contributed by atoms with E-state index in [0.717, 1.165) is 13.2 Å². The molecular weight excluding hydrogens is 210 g/mol. The lowest BCUT2D eigenvalue weighted by atomic mass is 10.1. The lowest BCUT2D eigenvalue weighted by molar-refractivity contribution is 0.103. The highest BCUT2D eigenvalue weighted by Gasteiger charge is 2.14. The smallest absolute Gasteiger partial charge is 0.0576 e. The number of nitrogens with one attached hydrogen (secondary N) is 1. The van der Waals surface area contributed by atoms with E-state index in [2.05, 4.69) is 37.4 Å². The molecule has 1 N–H and O–H groups in total. The number of hydrogen-bond donors (Lipinski definition) is 1. The van der Waals surface area contributed by atoms with Gasteiger partial charge in [-0.3, -0.25) is 0 Å².